The van der Waals surface area contributed by atoms with Crippen LogP contribution < -0.4 is 0 Å². The first-order valence-electron chi connectivity index (χ1n) is 3.09. The fraction of sp³-hybridized carbons (Fsp3) is 0.167. The zero-order valence-corrected chi connectivity index (χ0v) is 7.41. The van der Waals surface area contributed by atoms with Crippen molar-refractivity contribution in [3.8, 4) is 0 Å². The van der Waals surface area contributed by atoms with Gasteiger partial charge in [0.2, 0.25) is 0 Å². The van der Waals surface area contributed by atoms with Crippen LogP contribution >= 0.6 is 15.9 Å². The van der Waals surface area contributed by atoms with Gasteiger partial charge in [-0.15, -0.1) is 10.2 Å². The van der Waals surface area contributed by atoms with Crippen molar-refractivity contribution < 1.29 is 0 Å². The van der Waals surface area contributed by atoms with Crippen molar-refractivity contribution in [3.05, 3.63) is 22.8 Å². The molecule has 0 spiro atoms. The molecule has 2 rings (SSSR count). The Morgan fingerprint density at radius 3 is 3.09 bits per heavy atom. The van der Waals surface area contributed by atoms with Gasteiger partial charge >= 0.3 is 0 Å². The van der Waals surface area contributed by atoms with Gasteiger partial charge in [0, 0.05) is 0 Å². The molecule has 2 aromatic heterocycles. The molecule has 56 valence electrons. The van der Waals surface area contributed by atoms with Gasteiger partial charge < -0.3 is 0 Å². The van der Waals surface area contributed by atoms with Gasteiger partial charge in [-0.1, -0.05) is 0 Å². The highest BCUT2D eigenvalue weighted by Crippen LogP contribution is 2.17. The van der Waals surface area contributed by atoms with Crippen LogP contribution in [0, 0.1) is 6.92 Å². The quantitative estimate of drug-likeness (QED) is 0.660. The van der Waals surface area contributed by atoms with E-state index in [1.165, 1.54) is 0 Å². The van der Waals surface area contributed by atoms with Gasteiger partial charge in [-0.05, 0) is 22.9 Å². The molecule has 2 aromatic rings. The molecule has 0 fully saturated rings. The van der Waals surface area contributed by atoms with Gasteiger partial charge in [0.05, 0.1) is 10.2 Å². The standard InChI is InChI=1S/C6H5BrN4/c1-4-5(7)6-10-9-3-11(6)2-8-4/h2-3H,1H3. The second-order valence-corrected chi connectivity index (χ2v) is 3.00. The second kappa shape index (κ2) is 2.27. The van der Waals surface area contributed by atoms with Gasteiger partial charge in [0.25, 0.3) is 0 Å². The van der Waals surface area contributed by atoms with Gasteiger partial charge in [0.15, 0.2) is 5.65 Å². The Labute approximate surface area is 71.4 Å². The Morgan fingerprint density at radius 1 is 1.45 bits per heavy atom. The van der Waals surface area contributed by atoms with Crippen LogP contribution in [0.1, 0.15) is 5.69 Å². The monoisotopic (exact) mass is 212 g/mol. The average molecular weight is 213 g/mol. The summed E-state index contributed by atoms with van der Waals surface area (Å²) in [4.78, 5) is 4.12. The summed E-state index contributed by atoms with van der Waals surface area (Å²) < 4.78 is 2.66. The van der Waals surface area contributed by atoms with Gasteiger partial charge in [0.1, 0.15) is 12.7 Å². The Kier molecular flexibility index (Phi) is 1.38. The number of aryl methyl sites for hydroxylation is 1. The number of halogens is 1. The highest BCUT2D eigenvalue weighted by molar-refractivity contribution is 9.10. The van der Waals surface area contributed by atoms with Crippen LogP contribution in [-0.2, 0) is 0 Å². The molecule has 0 aromatic carbocycles. The van der Waals surface area contributed by atoms with Crippen LogP contribution in [0.4, 0.5) is 0 Å². The summed E-state index contributed by atoms with van der Waals surface area (Å²) in [6.07, 6.45) is 3.31. The Bertz CT molecular complexity index is 394. The van der Waals surface area contributed by atoms with Crippen LogP contribution in [0.2, 0.25) is 0 Å². The summed E-state index contributed by atoms with van der Waals surface area (Å²) >= 11 is 3.37. The van der Waals surface area contributed by atoms with Crippen LogP contribution in [0.15, 0.2) is 17.1 Å². The lowest BCUT2D eigenvalue weighted by Gasteiger charge is -1.96. The molecule has 0 aliphatic heterocycles. The van der Waals surface area contributed by atoms with E-state index in [2.05, 4.69) is 31.1 Å². The van der Waals surface area contributed by atoms with E-state index in [4.69, 9.17) is 0 Å². The summed E-state index contributed by atoms with van der Waals surface area (Å²) in [6.45, 7) is 1.92. The molecule has 0 atom stereocenters. The molecular formula is C6H5BrN4. The SMILES string of the molecule is Cc1ncn2cnnc2c1Br. The number of hydrogen-bond donors (Lipinski definition) is 0. The third-order valence-electron chi connectivity index (χ3n) is 1.46. The van der Waals surface area contributed by atoms with Crippen LogP contribution in [0.3, 0.4) is 0 Å². The van der Waals surface area contributed by atoms with Crippen molar-refractivity contribution in [1.82, 2.24) is 19.6 Å². The highest BCUT2D eigenvalue weighted by atomic mass is 79.9. The van der Waals surface area contributed by atoms with E-state index < -0.39 is 0 Å². The predicted molar refractivity (Wildman–Crippen MR) is 43.2 cm³/mol. The third-order valence-corrected chi connectivity index (χ3v) is 2.39. The molecule has 0 saturated carbocycles. The third kappa shape index (κ3) is 0.920. The first kappa shape index (κ1) is 6.72. The maximum absolute atomic E-state index is 4.12. The number of rotatable bonds is 0. The molecule has 0 N–H and O–H groups in total. The molecule has 0 radical (unpaired) electrons. The predicted octanol–water partition coefficient (Wildman–Crippen LogP) is 1.20. The lowest BCUT2D eigenvalue weighted by molar-refractivity contribution is 1.03. The number of aromatic nitrogens is 4. The second-order valence-electron chi connectivity index (χ2n) is 2.21. The van der Waals surface area contributed by atoms with Crippen molar-refractivity contribution in [2.24, 2.45) is 0 Å². The fourth-order valence-electron chi connectivity index (χ4n) is 0.851. The lowest BCUT2D eigenvalue weighted by Crippen LogP contribution is -1.90. The molecule has 0 amide bonds. The highest BCUT2D eigenvalue weighted by Gasteiger charge is 2.03. The van der Waals surface area contributed by atoms with Crippen molar-refractivity contribution in [2.45, 2.75) is 6.92 Å². The van der Waals surface area contributed by atoms with Crippen molar-refractivity contribution in [1.29, 1.82) is 0 Å². The smallest absolute Gasteiger partial charge is 0.177 e. The summed E-state index contributed by atoms with van der Waals surface area (Å²) in [5.74, 6) is 0. The maximum Gasteiger partial charge on any atom is 0.177 e. The lowest BCUT2D eigenvalue weighted by atomic mass is 10.4. The van der Waals surface area contributed by atoms with Crippen LogP contribution in [0.25, 0.3) is 5.65 Å². The number of fused-ring (bicyclic) bond motifs is 1. The van der Waals surface area contributed by atoms with Crippen molar-refractivity contribution >= 4 is 21.6 Å². The molecule has 2 heterocycles. The molecular weight excluding hydrogens is 208 g/mol. The summed E-state index contributed by atoms with van der Waals surface area (Å²) in [5, 5.41) is 7.65. The normalized spacial score (nSPS) is 10.7. The minimum Gasteiger partial charge on any atom is -0.271 e. The zero-order valence-electron chi connectivity index (χ0n) is 5.82. The van der Waals surface area contributed by atoms with E-state index in [1.807, 2.05) is 6.92 Å². The van der Waals surface area contributed by atoms with E-state index in [0.717, 1.165) is 15.8 Å². The van der Waals surface area contributed by atoms with E-state index in [0.29, 0.717) is 0 Å². The Balaban J connectivity index is 2.93. The van der Waals surface area contributed by atoms with Crippen molar-refractivity contribution in [2.75, 3.05) is 0 Å². The van der Waals surface area contributed by atoms with E-state index in [1.54, 1.807) is 17.1 Å². The fourth-order valence-corrected chi connectivity index (χ4v) is 1.24. The van der Waals surface area contributed by atoms with E-state index in [9.17, 15) is 0 Å². The number of nitrogens with zero attached hydrogens (tertiary/aromatic N) is 4. The topological polar surface area (TPSA) is 43.1 Å². The number of hydrogen-bond acceptors (Lipinski definition) is 3. The van der Waals surface area contributed by atoms with Gasteiger partial charge in [-0.2, -0.15) is 0 Å². The summed E-state index contributed by atoms with van der Waals surface area (Å²) in [7, 11) is 0. The average Bonchev–Trinajstić information content (AvgIpc) is 2.45. The minimum atomic E-state index is 0.803. The maximum atomic E-state index is 4.12. The first-order valence-corrected chi connectivity index (χ1v) is 3.89. The van der Waals surface area contributed by atoms with Crippen LogP contribution in [-0.4, -0.2) is 19.6 Å². The Hall–Kier alpha value is -0.970. The molecule has 11 heavy (non-hydrogen) atoms. The molecule has 0 bridgehead atoms. The van der Waals surface area contributed by atoms with E-state index in [-0.39, 0.29) is 0 Å². The van der Waals surface area contributed by atoms with Gasteiger partial charge in [-0.3, -0.25) is 4.40 Å². The van der Waals surface area contributed by atoms with Gasteiger partial charge in [-0.25, -0.2) is 4.98 Å². The molecule has 0 saturated heterocycles. The minimum absolute atomic E-state index is 0.803. The van der Waals surface area contributed by atoms with Crippen molar-refractivity contribution in [3.63, 3.8) is 0 Å². The zero-order chi connectivity index (χ0) is 7.84. The first-order chi connectivity index (χ1) is 5.29. The van der Waals surface area contributed by atoms with E-state index >= 15 is 0 Å². The molecule has 0 unspecified atom stereocenters. The molecule has 4 nitrogen and oxygen atoms in total. The summed E-state index contributed by atoms with van der Waals surface area (Å²) in [5.41, 5.74) is 1.73. The molecule has 5 heteroatoms. The Morgan fingerprint density at radius 2 is 2.27 bits per heavy atom. The summed E-state index contributed by atoms with van der Waals surface area (Å²) in [6, 6.07) is 0. The molecule has 0 aliphatic rings. The largest absolute Gasteiger partial charge is 0.271 e. The molecule has 0 aliphatic carbocycles. The van der Waals surface area contributed by atoms with Crippen LogP contribution in [0.5, 0.6) is 0 Å².